The van der Waals surface area contributed by atoms with E-state index in [-0.39, 0.29) is 24.7 Å². The molecule has 2 heterocycles. The molecule has 3 aromatic rings. The van der Waals surface area contributed by atoms with Crippen LogP contribution >= 0.6 is 22.7 Å². The molecule has 0 spiro atoms. The molecule has 162 valence electrons. The van der Waals surface area contributed by atoms with Crippen LogP contribution in [0.4, 0.5) is 26.3 Å². The van der Waals surface area contributed by atoms with Gasteiger partial charge >= 0.3 is 12.4 Å². The largest absolute Gasteiger partial charge is 0.416 e. The number of hydrogen-bond acceptors (Lipinski definition) is 5. The molecular weight excluding hydrogens is 474 g/mol. The first-order chi connectivity index (χ1) is 13.8. The fourth-order valence-electron chi connectivity index (χ4n) is 2.42. The van der Waals surface area contributed by atoms with E-state index in [1.54, 1.807) is 6.92 Å². The molecule has 0 aliphatic heterocycles. The van der Waals surface area contributed by atoms with E-state index < -0.39 is 38.4 Å². The van der Waals surface area contributed by atoms with Gasteiger partial charge in [-0.2, -0.15) is 26.3 Å². The predicted molar refractivity (Wildman–Crippen MR) is 101 cm³/mol. The third kappa shape index (κ3) is 5.02. The van der Waals surface area contributed by atoms with Crippen LogP contribution in [-0.2, 0) is 28.9 Å². The Hall–Kier alpha value is -1.96. The lowest BCUT2D eigenvalue weighted by molar-refractivity contribution is -0.143. The fourth-order valence-corrected chi connectivity index (χ4v) is 5.38. The van der Waals surface area contributed by atoms with Crippen LogP contribution in [0.25, 0.3) is 9.88 Å². The summed E-state index contributed by atoms with van der Waals surface area (Å²) in [6.45, 7) is 1.30. The van der Waals surface area contributed by atoms with Crippen molar-refractivity contribution in [2.75, 3.05) is 0 Å². The van der Waals surface area contributed by atoms with E-state index in [9.17, 15) is 34.8 Å². The first-order valence-electron chi connectivity index (χ1n) is 8.07. The minimum absolute atomic E-state index is 0.125. The summed E-state index contributed by atoms with van der Waals surface area (Å²) < 4.78 is 105. The molecule has 0 aliphatic rings. The maximum absolute atomic E-state index is 13.0. The van der Waals surface area contributed by atoms with Gasteiger partial charge < -0.3 is 0 Å². The first kappa shape index (κ1) is 22.7. The number of nitrogens with zero attached hydrogens (tertiary/aromatic N) is 1. The van der Waals surface area contributed by atoms with Gasteiger partial charge in [0.2, 0.25) is 10.0 Å². The maximum atomic E-state index is 13.0. The SMILES string of the molecule is Cc1nc(-c2cccs2)sc1CNS(=O)(=O)c1cc(C(F)(F)F)cc(C(F)(F)F)c1. The van der Waals surface area contributed by atoms with Gasteiger partial charge in [-0.25, -0.2) is 18.1 Å². The molecule has 0 radical (unpaired) electrons. The number of rotatable bonds is 5. The van der Waals surface area contributed by atoms with E-state index in [0.717, 1.165) is 4.88 Å². The molecule has 0 amide bonds. The van der Waals surface area contributed by atoms with E-state index in [1.165, 1.54) is 22.7 Å². The Morgan fingerprint density at radius 1 is 1.03 bits per heavy atom. The second kappa shape index (κ2) is 7.94. The number of sulfonamides is 1. The van der Waals surface area contributed by atoms with Crippen LogP contribution < -0.4 is 4.72 Å². The average Bonchev–Trinajstić information content (AvgIpc) is 3.28. The van der Waals surface area contributed by atoms with Crippen molar-refractivity contribution in [2.24, 2.45) is 0 Å². The third-order valence-electron chi connectivity index (χ3n) is 3.92. The summed E-state index contributed by atoms with van der Waals surface area (Å²) in [5, 5.41) is 2.47. The quantitative estimate of drug-likeness (QED) is 0.471. The van der Waals surface area contributed by atoms with E-state index >= 15 is 0 Å². The van der Waals surface area contributed by atoms with Crippen molar-refractivity contribution < 1.29 is 34.8 Å². The summed E-state index contributed by atoms with van der Waals surface area (Å²) in [6.07, 6.45) is -10.3. The van der Waals surface area contributed by atoms with Crippen LogP contribution in [0.5, 0.6) is 0 Å². The van der Waals surface area contributed by atoms with E-state index in [2.05, 4.69) is 9.71 Å². The number of benzene rings is 1. The first-order valence-corrected chi connectivity index (χ1v) is 11.2. The number of halogens is 6. The van der Waals surface area contributed by atoms with Crippen LogP contribution in [0.1, 0.15) is 21.7 Å². The second-order valence-electron chi connectivity index (χ2n) is 6.07. The highest BCUT2D eigenvalue weighted by Crippen LogP contribution is 2.37. The number of hydrogen-bond donors (Lipinski definition) is 1. The highest BCUT2D eigenvalue weighted by atomic mass is 32.2. The van der Waals surface area contributed by atoms with Crippen molar-refractivity contribution >= 4 is 32.7 Å². The monoisotopic (exact) mass is 486 g/mol. The molecule has 0 saturated heterocycles. The summed E-state index contributed by atoms with van der Waals surface area (Å²) >= 11 is 2.60. The Kier molecular flexibility index (Phi) is 6.02. The number of alkyl halides is 6. The Labute approximate surface area is 175 Å². The molecule has 3 rings (SSSR count). The summed E-state index contributed by atoms with van der Waals surface area (Å²) in [5.74, 6) is 0. The van der Waals surface area contributed by atoms with E-state index in [4.69, 9.17) is 0 Å². The molecule has 4 nitrogen and oxygen atoms in total. The van der Waals surface area contributed by atoms with Crippen LogP contribution in [0.3, 0.4) is 0 Å². The van der Waals surface area contributed by atoms with Crippen molar-refractivity contribution in [3.8, 4) is 9.88 Å². The van der Waals surface area contributed by atoms with Crippen molar-refractivity contribution in [1.82, 2.24) is 9.71 Å². The number of thiophene rings is 1. The van der Waals surface area contributed by atoms with Gasteiger partial charge in [0.1, 0.15) is 5.01 Å². The molecule has 0 atom stereocenters. The zero-order valence-corrected chi connectivity index (χ0v) is 17.4. The second-order valence-corrected chi connectivity index (χ2v) is 9.87. The lowest BCUT2D eigenvalue weighted by Gasteiger charge is -2.14. The molecule has 0 saturated carbocycles. The summed E-state index contributed by atoms with van der Waals surface area (Å²) in [6, 6.07) is 3.85. The summed E-state index contributed by atoms with van der Waals surface area (Å²) in [4.78, 5) is 4.54. The minimum atomic E-state index is -5.14. The van der Waals surface area contributed by atoms with Gasteiger partial charge in [-0.15, -0.1) is 22.7 Å². The van der Waals surface area contributed by atoms with E-state index in [0.29, 0.717) is 15.6 Å². The topological polar surface area (TPSA) is 59.1 Å². The minimum Gasteiger partial charge on any atom is -0.240 e. The highest BCUT2D eigenvalue weighted by molar-refractivity contribution is 7.89. The molecule has 1 N–H and O–H groups in total. The molecule has 1 aromatic carbocycles. The fraction of sp³-hybridized carbons (Fsp3) is 0.235. The highest BCUT2D eigenvalue weighted by Gasteiger charge is 2.38. The van der Waals surface area contributed by atoms with Crippen LogP contribution in [0.2, 0.25) is 0 Å². The van der Waals surface area contributed by atoms with Crippen molar-refractivity contribution in [1.29, 1.82) is 0 Å². The maximum Gasteiger partial charge on any atom is 0.416 e. The zero-order chi connectivity index (χ0) is 22.3. The number of thiazole rings is 1. The van der Waals surface area contributed by atoms with Gasteiger partial charge in [-0.1, -0.05) is 6.07 Å². The smallest absolute Gasteiger partial charge is 0.240 e. The standard InChI is InChI=1S/C17H12F6N2O2S3/c1-9-14(29-15(25-9)13-3-2-4-28-13)8-24-30(26,27)12-6-10(16(18,19)20)5-11(7-12)17(21,22)23/h2-7,24H,8H2,1H3. The molecule has 13 heteroatoms. The lowest BCUT2D eigenvalue weighted by atomic mass is 10.1. The molecule has 0 fully saturated rings. The van der Waals surface area contributed by atoms with Crippen molar-refractivity contribution in [3.63, 3.8) is 0 Å². The Morgan fingerprint density at radius 2 is 1.63 bits per heavy atom. The Morgan fingerprint density at radius 3 is 2.13 bits per heavy atom. The Balaban J connectivity index is 1.91. The molecule has 0 aliphatic carbocycles. The zero-order valence-electron chi connectivity index (χ0n) is 14.9. The molecule has 0 unspecified atom stereocenters. The summed E-state index contributed by atoms with van der Waals surface area (Å²) in [5.41, 5.74) is -2.90. The van der Waals surface area contributed by atoms with Crippen molar-refractivity contribution in [2.45, 2.75) is 30.7 Å². The van der Waals surface area contributed by atoms with E-state index in [1.807, 2.05) is 17.5 Å². The predicted octanol–water partition coefficient (Wildman–Crippen LogP) is 5.70. The van der Waals surface area contributed by atoms with Gasteiger partial charge in [0.05, 0.1) is 26.6 Å². The van der Waals surface area contributed by atoms with Crippen LogP contribution in [0, 0.1) is 6.92 Å². The van der Waals surface area contributed by atoms with Gasteiger partial charge in [0.15, 0.2) is 0 Å². The van der Waals surface area contributed by atoms with Gasteiger partial charge in [-0.3, -0.25) is 0 Å². The number of aromatic nitrogens is 1. The van der Waals surface area contributed by atoms with Gasteiger partial charge in [-0.05, 0) is 36.6 Å². The van der Waals surface area contributed by atoms with Crippen LogP contribution in [0.15, 0.2) is 40.6 Å². The normalized spacial score (nSPS) is 13.0. The molecular formula is C17H12F6N2O2S3. The molecule has 0 bridgehead atoms. The van der Waals surface area contributed by atoms with Gasteiger partial charge in [0.25, 0.3) is 0 Å². The third-order valence-corrected chi connectivity index (χ3v) is 7.50. The summed E-state index contributed by atoms with van der Waals surface area (Å²) in [7, 11) is -4.65. The van der Waals surface area contributed by atoms with Gasteiger partial charge in [0, 0.05) is 11.4 Å². The molecule has 30 heavy (non-hydrogen) atoms. The lowest BCUT2D eigenvalue weighted by Crippen LogP contribution is -2.24. The molecule has 2 aromatic heterocycles. The average molecular weight is 486 g/mol. The number of nitrogens with one attached hydrogen (secondary N) is 1. The Bertz CT molecular complexity index is 1120. The van der Waals surface area contributed by atoms with Crippen LogP contribution in [-0.4, -0.2) is 13.4 Å². The van der Waals surface area contributed by atoms with Crippen molar-refractivity contribution in [3.05, 3.63) is 57.4 Å². The number of aryl methyl sites for hydroxylation is 1.